The average Bonchev–Trinajstić information content (AvgIpc) is 2.79. The van der Waals surface area contributed by atoms with Gasteiger partial charge in [-0.1, -0.05) is 24.3 Å². The summed E-state index contributed by atoms with van der Waals surface area (Å²) in [6.07, 6.45) is 4.07. The van der Waals surface area contributed by atoms with Crippen LogP contribution in [0.25, 0.3) is 0 Å². The molecular formula is C23H25N3O3S. The normalized spacial score (nSPS) is 20.2. The van der Waals surface area contributed by atoms with Gasteiger partial charge in [-0.05, 0) is 67.5 Å². The molecule has 156 valence electrons. The van der Waals surface area contributed by atoms with E-state index in [-0.39, 0.29) is 22.8 Å². The summed E-state index contributed by atoms with van der Waals surface area (Å²) in [7, 11) is -3.61. The second kappa shape index (κ2) is 8.58. The molecule has 1 aliphatic carbocycles. The Morgan fingerprint density at radius 3 is 2.43 bits per heavy atom. The number of carbonyl (C=O) groups excluding carboxylic acids is 1. The molecule has 1 atom stereocenters. The van der Waals surface area contributed by atoms with Crippen LogP contribution in [0.1, 0.15) is 48.4 Å². The highest BCUT2D eigenvalue weighted by atomic mass is 32.2. The van der Waals surface area contributed by atoms with Gasteiger partial charge < -0.3 is 5.32 Å². The lowest BCUT2D eigenvalue weighted by molar-refractivity contribution is -0.127. The van der Waals surface area contributed by atoms with E-state index in [0.717, 1.165) is 19.3 Å². The standard InChI is InChI=1S/C23H25N3O3S/c24-16-17-8-10-20(11-9-17)30(28,29)26-14-12-19(13-15-26)23(27)25-22-7-3-5-18-4-1-2-6-21(18)22/h1-2,4,6,8-11,19,22H,3,5,7,12-15H2,(H,25,27)/t22-/m0/s1. The zero-order chi connectivity index (χ0) is 21.1. The van der Waals surface area contributed by atoms with Gasteiger partial charge in [0.1, 0.15) is 0 Å². The maximum Gasteiger partial charge on any atom is 0.243 e. The van der Waals surface area contributed by atoms with E-state index in [1.807, 2.05) is 18.2 Å². The first-order valence-corrected chi connectivity index (χ1v) is 11.8. The van der Waals surface area contributed by atoms with E-state index in [1.165, 1.54) is 39.7 Å². The number of amides is 1. The number of benzene rings is 2. The fourth-order valence-electron chi connectivity index (χ4n) is 4.40. The summed E-state index contributed by atoms with van der Waals surface area (Å²) in [5.74, 6) is -0.154. The van der Waals surface area contributed by atoms with Crippen LogP contribution in [-0.2, 0) is 21.2 Å². The van der Waals surface area contributed by atoms with Gasteiger partial charge in [-0.2, -0.15) is 9.57 Å². The third-order valence-corrected chi connectivity index (χ3v) is 8.04. The smallest absolute Gasteiger partial charge is 0.243 e. The van der Waals surface area contributed by atoms with Gasteiger partial charge in [0.05, 0.1) is 22.6 Å². The predicted octanol–water partition coefficient (Wildman–Crippen LogP) is 3.15. The quantitative estimate of drug-likeness (QED) is 0.818. The fourth-order valence-corrected chi connectivity index (χ4v) is 5.87. The molecule has 2 aromatic rings. The Balaban J connectivity index is 1.37. The minimum Gasteiger partial charge on any atom is -0.349 e. The number of fused-ring (bicyclic) bond motifs is 1. The Hall–Kier alpha value is -2.69. The fraction of sp³-hybridized carbons (Fsp3) is 0.391. The molecule has 0 saturated carbocycles. The highest BCUT2D eigenvalue weighted by Gasteiger charge is 2.33. The summed E-state index contributed by atoms with van der Waals surface area (Å²) < 4.78 is 27.2. The van der Waals surface area contributed by atoms with Crippen molar-refractivity contribution in [1.82, 2.24) is 9.62 Å². The molecule has 0 bridgehead atoms. The van der Waals surface area contributed by atoms with Crippen molar-refractivity contribution in [2.45, 2.75) is 43.0 Å². The van der Waals surface area contributed by atoms with Crippen LogP contribution in [0.3, 0.4) is 0 Å². The number of nitrogens with zero attached hydrogens (tertiary/aromatic N) is 2. The maximum atomic E-state index is 12.9. The highest BCUT2D eigenvalue weighted by molar-refractivity contribution is 7.89. The van der Waals surface area contributed by atoms with Crippen molar-refractivity contribution in [2.24, 2.45) is 5.92 Å². The SMILES string of the molecule is N#Cc1ccc(S(=O)(=O)N2CCC(C(=O)N[C@H]3CCCc4ccccc43)CC2)cc1. The molecule has 1 saturated heterocycles. The molecule has 4 rings (SSSR count). The highest BCUT2D eigenvalue weighted by Crippen LogP contribution is 2.31. The van der Waals surface area contributed by atoms with Gasteiger partial charge in [-0.3, -0.25) is 4.79 Å². The monoisotopic (exact) mass is 423 g/mol. The van der Waals surface area contributed by atoms with Gasteiger partial charge in [0, 0.05) is 19.0 Å². The first kappa shape index (κ1) is 20.6. The van der Waals surface area contributed by atoms with E-state index in [1.54, 1.807) is 0 Å². The van der Waals surface area contributed by atoms with E-state index < -0.39 is 10.0 Å². The van der Waals surface area contributed by atoms with Crippen molar-refractivity contribution in [3.8, 4) is 6.07 Å². The molecule has 1 heterocycles. The first-order valence-electron chi connectivity index (χ1n) is 10.4. The minimum absolute atomic E-state index is 0.0205. The van der Waals surface area contributed by atoms with E-state index >= 15 is 0 Å². The molecule has 2 aromatic carbocycles. The number of sulfonamides is 1. The van der Waals surface area contributed by atoms with Gasteiger partial charge >= 0.3 is 0 Å². The van der Waals surface area contributed by atoms with Gasteiger partial charge in [-0.15, -0.1) is 0 Å². The van der Waals surface area contributed by atoms with E-state index in [9.17, 15) is 13.2 Å². The van der Waals surface area contributed by atoms with Crippen molar-refractivity contribution in [1.29, 1.82) is 5.26 Å². The molecule has 0 unspecified atom stereocenters. The third kappa shape index (κ3) is 4.11. The molecule has 0 spiro atoms. The first-order chi connectivity index (χ1) is 14.5. The number of hydrogen-bond donors (Lipinski definition) is 1. The van der Waals surface area contributed by atoms with Crippen LogP contribution in [0.4, 0.5) is 0 Å². The molecule has 1 N–H and O–H groups in total. The zero-order valence-electron chi connectivity index (χ0n) is 16.8. The summed E-state index contributed by atoms with van der Waals surface area (Å²) in [5.41, 5.74) is 2.93. The summed E-state index contributed by atoms with van der Waals surface area (Å²) in [6, 6.07) is 16.2. The molecule has 0 radical (unpaired) electrons. The lowest BCUT2D eigenvalue weighted by Gasteiger charge is -2.32. The molecule has 0 aromatic heterocycles. The number of hydrogen-bond acceptors (Lipinski definition) is 4. The Bertz CT molecular complexity index is 1070. The summed E-state index contributed by atoms with van der Waals surface area (Å²) in [4.78, 5) is 13.0. The van der Waals surface area contributed by atoms with Crippen LogP contribution in [0.15, 0.2) is 53.4 Å². The zero-order valence-corrected chi connectivity index (χ0v) is 17.6. The lowest BCUT2D eigenvalue weighted by atomic mass is 9.87. The van der Waals surface area contributed by atoms with E-state index in [2.05, 4.69) is 17.4 Å². The van der Waals surface area contributed by atoms with Crippen LogP contribution in [0.2, 0.25) is 0 Å². The number of aryl methyl sites for hydroxylation is 1. The van der Waals surface area contributed by atoms with Crippen molar-refractivity contribution in [3.05, 3.63) is 65.2 Å². The molecule has 1 aliphatic heterocycles. The summed E-state index contributed by atoms with van der Waals surface area (Å²) >= 11 is 0. The van der Waals surface area contributed by atoms with Crippen molar-refractivity contribution < 1.29 is 13.2 Å². The number of carbonyl (C=O) groups is 1. The molecule has 1 amide bonds. The molecule has 30 heavy (non-hydrogen) atoms. The second-order valence-corrected chi connectivity index (χ2v) is 9.90. The van der Waals surface area contributed by atoms with Gasteiger partial charge in [0.15, 0.2) is 0 Å². The summed E-state index contributed by atoms with van der Waals surface area (Å²) in [5, 5.41) is 12.1. The Labute approximate surface area is 177 Å². The number of piperidine rings is 1. The minimum atomic E-state index is -3.61. The lowest BCUT2D eigenvalue weighted by Crippen LogP contribution is -2.44. The van der Waals surface area contributed by atoms with Gasteiger partial charge in [0.25, 0.3) is 0 Å². The summed E-state index contributed by atoms with van der Waals surface area (Å²) in [6.45, 7) is 0.642. The third-order valence-electron chi connectivity index (χ3n) is 6.13. The Morgan fingerprint density at radius 1 is 1.03 bits per heavy atom. The number of rotatable bonds is 4. The van der Waals surface area contributed by atoms with Crippen LogP contribution in [-0.4, -0.2) is 31.7 Å². The van der Waals surface area contributed by atoms with Gasteiger partial charge in [-0.25, -0.2) is 8.42 Å². The predicted molar refractivity (Wildman–Crippen MR) is 113 cm³/mol. The molecule has 1 fully saturated rings. The second-order valence-electron chi connectivity index (χ2n) is 7.97. The Morgan fingerprint density at radius 2 is 1.73 bits per heavy atom. The number of nitrogens with one attached hydrogen (secondary N) is 1. The topological polar surface area (TPSA) is 90.3 Å². The average molecular weight is 424 g/mol. The van der Waals surface area contributed by atoms with Gasteiger partial charge in [0.2, 0.25) is 15.9 Å². The van der Waals surface area contributed by atoms with Crippen LogP contribution >= 0.6 is 0 Å². The van der Waals surface area contributed by atoms with Crippen LogP contribution < -0.4 is 5.32 Å². The molecule has 7 heteroatoms. The molecule has 6 nitrogen and oxygen atoms in total. The largest absolute Gasteiger partial charge is 0.349 e. The maximum absolute atomic E-state index is 12.9. The molecular weight excluding hydrogens is 398 g/mol. The van der Waals surface area contributed by atoms with E-state index in [4.69, 9.17) is 5.26 Å². The molecule has 2 aliphatic rings. The number of nitriles is 1. The van der Waals surface area contributed by atoms with Crippen LogP contribution in [0, 0.1) is 17.2 Å². The van der Waals surface area contributed by atoms with Crippen molar-refractivity contribution >= 4 is 15.9 Å². The van der Waals surface area contributed by atoms with Crippen LogP contribution in [0.5, 0.6) is 0 Å². The van der Waals surface area contributed by atoms with E-state index in [0.29, 0.717) is 31.5 Å². The Kier molecular flexibility index (Phi) is 5.89. The van der Waals surface area contributed by atoms with Crippen molar-refractivity contribution in [3.63, 3.8) is 0 Å². The van der Waals surface area contributed by atoms with Crippen molar-refractivity contribution in [2.75, 3.05) is 13.1 Å².